The zero-order chi connectivity index (χ0) is 13.8. The normalized spacial score (nSPS) is 12.4. The largest absolute Gasteiger partial charge is 0.328 e. The average molecular weight is 337 g/mol. The Bertz CT molecular complexity index is 570. The molecule has 2 N–H and O–H groups in total. The molecule has 0 fully saturated rings. The number of nitrogens with two attached hydrogens (primary N) is 1. The maximum Gasteiger partial charge on any atom is 0.115 e. The molecule has 0 radical (unpaired) electrons. The smallest absolute Gasteiger partial charge is 0.115 e. The third-order valence-electron chi connectivity index (χ3n) is 2.80. The van der Waals surface area contributed by atoms with Gasteiger partial charge in [-0.05, 0) is 71.6 Å². The van der Waals surface area contributed by atoms with Crippen LogP contribution < -0.4 is 5.73 Å². The first kappa shape index (κ1) is 14.6. The van der Waals surface area contributed by atoms with Gasteiger partial charge >= 0.3 is 0 Å². The molecule has 1 aromatic carbocycles. The monoisotopic (exact) mass is 336 g/mol. The summed E-state index contributed by atoms with van der Waals surface area (Å²) in [7, 11) is 0. The van der Waals surface area contributed by atoms with E-state index in [1.54, 1.807) is 11.8 Å². The molecule has 0 aliphatic carbocycles. The molecule has 4 heteroatoms. The molecule has 2 rings (SSSR count). The van der Waals surface area contributed by atoms with E-state index in [4.69, 9.17) is 5.73 Å². The van der Waals surface area contributed by atoms with Crippen molar-refractivity contribution in [3.05, 3.63) is 52.1 Å². The lowest BCUT2D eigenvalue weighted by Crippen LogP contribution is -2.18. The van der Waals surface area contributed by atoms with Crippen molar-refractivity contribution in [2.45, 2.75) is 36.2 Å². The minimum Gasteiger partial charge on any atom is -0.328 e. The lowest BCUT2D eigenvalue weighted by Gasteiger charge is -2.10. The standard InChI is InChI=1S/C15H17BrN2S/c1-10-8-13(6-5-12(10)9-11(2)17)19-15-14(16)4-3-7-18-15/h3-8,11H,9,17H2,1-2H3. The van der Waals surface area contributed by atoms with E-state index in [1.807, 2.05) is 25.3 Å². The fraction of sp³-hybridized carbons (Fsp3) is 0.267. The fourth-order valence-corrected chi connectivity index (χ4v) is 3.24. The van der Waals surface area contributed by atoms with Crippen molar-refractivity contribution in [3.8, 4) is 0 Å². The van der Waals surface area contributed by atoms with Crippen LogP contribution in [-0.4, -0.2) is 11.0 Å². The summed E-state index contributed by atoms with van der Waals surface area (Å²) in [4.78, 5) is 5.57. The molecule has 1 atom stereocenters. The summed E-state index contributed by atoms with van der Waals surface area (Å²) in [6, 6.07) is 10.6. The molecule has 0 bridgehead atoms. The Kier molecular flexibility index (Phi) is 5.02. The average Bonchev–Trinajstić information content (AvgIpc) is 2.35. The maximum atomic E-state index is 5.85. The molecule has 0 saturated heterocycles. The predicted molar refractivity (Wildman–Crippen MR) is 84.6 cm³/mol. The molecular formula is C15H17BrN2S. The van der Waals surface area contributed by atoms with Crippen molar-refractivity contribution < 1.29 is 0 Å². The second-order valence-corrected chi connectivity index (χ2v) is 6.58. The number of pyridine rings is 1. The minimum absolute atomic E-state index is 0.196. The van der Waals surface area contributed by atoms with Gasteiger partial charge in [-0.1, -0.05) is 17.8 Å². The van der Waals surface area contributed by atoms with Gasteiger partial charge in [0.1, 0.15) is 5.03 Å². The molecule has 0 spiro atoms. The third-order valence-corrected chi connectivity index (χ3v) is 4.71. The molecule has 2 aromatic rings. The van der Waals surface area contributed by atoms with Gasteiger partial charge in [0.2, 0.25) is 0 Å². The Labute approximate surface area is 126 Å². The van der Waals surface area contributed by atoms with Gasteiger partial charge in [0.15, 0.2) is 0 Å². The first-order valence-electron chi connectivity index (χ1n) is 6.19. The highest BCUT2D eigenvalue weighted by Crippen LogP contribution is 2.32. The van der Waals surface area contributed by atoms with Crippen LogP contribution in [0.15, 0.2) is 50.9 Å². The van der Waals surface area contributed by atoms with Crippen LogP contribution in [0.1, 0.15) is 18.1 Å². The number of rotatable bonds is 4. The van der Waals surface area contributed by atoms with Crippen molar-refractivity contribution in [2.24, 2.45) is 5.73 Å². The lowest BCUT2D eigenvalue weighted by atomic mass is 10.0. The van der Waals surface area contributed by atoms with Crippen molar-refractivity contribution in [2.75, 3.05) is 0 Å². The summed E-state index contributed by atoms with van der Waals surface area (Å²) < 4.78 is 1.03. The fourth-order valence-electron chi connectivity index (χ4n) is 1.87. The van der Waals surface area contributed by atoms with Crippen LogP contribution in [-0.2, 0) is 6.42 Å². The SMILES string of the molecule is Cc1cc(Sc2ncccc2Br)ccc1CC(C)N. The molecule has 2 nitrogen and oxygen atoms in total. The number of aryl methyl sites for hydroxylation is 1. The van der Waals surface area contributed by atoms with E-state index >= 15 is 0 Å². The molecule has 100 valence electrons. The van der Waals surface area contributed by atoms with Gasteiger partial charge in [0.05, 0.1) is 4.47 Å². The molecule has 1 unspecified atom stereocenters. The molecule has 0 amide bonds. The van der Waals surface area contributed by atoms with Crippen LogP contribution >= 0.6 is 27.7 Å². The molecule has 0 aliphatic heterocycles. The molecule has 0 aliphatic rings. The summed E-state index contributed by atoms with van der Waals surface area (Å²) in [5, 5.41) is 0.988. The summed E-state index contributed by atoms with van der Waals surface area (Å²) >= 11 is 5.19. The highest BCUT2D eigenvalue weighted by atomic mass is 79.9. The van der Waals surface area contributed by atoms with Gasteiger partial charge in [-0.25, -0.2) is 4.98 Å². The predicted octanol–water partition coefficient (Wildman–Crippen LogP) is 4.19. The quantitative estimate of drug-likeness (QED) is 0.909. The Hall–Kier alpha value is -0.840. The van der Waals surface area contributed by atoms with Crippen LogP contribution in [0.3, 0.4) is 0 Å². The summed E-state index contributed by atoms with van der Waals surface area (Å²) in [6.45, 7) is 4.17. The van der Waals surface area contributed by atoms with E-state index in [2.05, 4.69) is 46.0 Å². The summed E-state index contributed by atoms with van der Waals surface area (Å²) in [5.41, 5.74) is 8.46. The van der Waals surface area contributed by atoms with Gasteiger partial charge in [-0.3, -0.25) is 0 Å². The van der Waals surface area contributed by atoms with Gasteiger partial charge in [-0.15, -0.1) is 0 Å². The number of nitrogens with zero attached hydrogens (tertiary/aromatic N) is 1. The highest BCUT2D eigenvalue weighted by molar-refractivity contribution is 9.10. The van der Waals surface area contributed by atoms with Crippen molar-refractivity contribution in [1.29, 1.82) is 0 Å². The number of benzene rings is 1. The molecule has 19 heavy (non-hydrogen) atoms. The van der Waals surface area contributed by atoms with Gasteiger partial charge in [-0.2, -0.15) is 0 Å². The molecule has 1 aromatic heterocycles. The zero-order valence-corrected chi connectivity index (χ0v) is 13.5. The van der Waals surface area contributed by atoms with E-state index in [1.165, 1.54) is 16.0 Å². The Morgan fingerprint density at radius 2 is 2.16 bits per heavy atom. The van der Waals surface area contributed by atoms with Crippen LogP contribution in [0.5, 0.6) is 0 Å². The lowest BCUT2D eigenvalue weighted by molar-refractivity contribution is 0.734. The summed E-state index contributed by atoms with van der Waals surface area (Å²) in [6.07, 6.45) is 2.73. The second kappa shape index (κ2) is 6.55. The number of aromatic nitrogens is 1. The van der Waals surface area contributed by atoms with Crippen LogP contribution in [0.2, 0.25) is 0 Å². The molecular weight excluding hydrogens is 320 g/mol. The van der Waals surface area contributed by atoms with Crippen LogP contribution in [0, 0.1) is 6.92 Å². The Morgan fingerprint density at radius 3 is 2.79 bits per heavy atom. The first-order valence-corrected chi connectivity index (χ1v) is 7.80. The topological polar surface area (TPSA) is 38.9 Å². The second-order valence-electron chi connectivity index (χ2n) is 4.66. The van der Waals surface area contributed by atoms with E-state index in [-0.39, 0.29) is 6.04 Å². The Balaban J connectivity index is 2.19. The van der Waals surface area contributed by atoms with E-state index in [9.17, 15) is 0 Å². The highest BCUT2D eigenvalue weighted by Gasteiger charge is 2.06. The van der Waals surface area contributed by atoms with Gasteiger partial charge < -0.3 is 5.73 Å². The zero-order valence-electron chi connectivity index (χ0n) is 11.1. The molecule has 1 heterocycles. The number of halogens is 1. The number of hydrogen-bond acceptors (Lipinski definition) is 3. The van der Waals surface area contributed by atoms with Crippen molar-refractivity contribution in [3.63, 3.8) is 0 Å². The van der Waals surface area contributed by atoms with E-state index in [0.29, 0.717) is 0 Å². The summed E-state index contributed by atoms with van der Waals surface area (Å²) in [5.74, 6) is 0. The first-order chi connectivity index (χ1) is 9.06. The van der Waals surface area contributed by atoms with Gasteiger partial charge in [0.25, 0.3) is 0 Å². The molecule has 0 saturated carbocycles. The number of hydrogen-bond donors (Lipinski definition) is 1. The van der Waals surface area contributed by atoms with Gasteiger partial charge in [0, 0.05) is 17.1 Å². The van der Waals surface area contributed by atoms with E-state index < -0.39 is 0 Å². The van der Waals surface area contributed by atoms with Crippen LogP contribution in [0.4, 0.5) is 0 Å². The maximum absolute atomic E-state index is 5.85. The van der Waals surface area contributed by atoms with Crippen molar-refractivity contribution in [1.82, 2.24) is 4.98 Å². The Morgan fingerprint density at radius 1 is 1.37 bits per heavy atom. The third kappa shape index (κ3) is 4.06. The van der Waals surface area contributed by atoms with E-state index in [0.717, 1.165) is 15.9 Å². The minimum atomic E-state index is 0.196. The van der Waals surface area contributed by atoms with Crippen molar-refractivity contribution >= 4 is 27.7 Å². The van der Waals surface area contributed by atoms with Crippen LogP contribution in [0.25, 0.3) is 0 Å².